The number of carboxylic acids is 1. The number of aliphatic carboxylic acids is 1. The number of rotatable bonds is 22. The molecule has 0 aromatic carbocycles. The number of unbranched alkanes of at least 4 members (excludes halogenated alkanes) is 15. The molecule has 1 rings (SSSR count). The Bertz CT molecular complexity index is 504. The molecule has 34 heavy (non-hydrogen) atoms. The highest BCUT2D eigenvalue weighted by molar-refractivity contribution is 5.81. The molecule has 1 aliphatic rings. The van der Waals surface area contributed by atoms with Crippen molar-refractivity contribution < 1.29 is 19.4 Å². The fourth-order valence-corrected chi connectivity index (χ4v) is 5.40. The second-order valence-corrected chi connectivity index (χ2v) is 10.8. The molecule has 0 aliphatic heterocycles. The fraction of sp³-hybridized carbons (Fsp3) is 0.933. The first-order valence-corrected chi connectivity index (χ1v) is 15.0. The zero-order valence-electron chi connectivity index (χ0n) is 22.7. The Balaban J connectivity index is 2.11. The van der Waals surface area contributed by atoms with E-state index < -0.39 is 17.8 Å². The third kappa shape index (κ3) is 15.0. The molecule has 0 spiro atoms. The summed E-state index contributed by atoms with van der Waals surface area (Å²) in [6, 6.07) is 0. The Kier molecular flexibility index (Phi) is 19.3. The van der Waals surface area contributed by atoms with E-state index >= 15 is 0 Å². The van der Waals surface area contributed by atoms with Gasteiger partial charge in [0.25, 0.3) is 0 Å². The van der Waals surface area contributed by atoms with Crippen molar-refractivity contribution in [1.82, 2.24) is 0 Å². The first kappa shape index (κ1) is 31.0. The molecular weight excluding hydrogens is 424 g/mol. The summed E-state index contributed by atoms with van der Waals surface area (Å²) in [4.78, 5) is 24.3. The third-order valence-electron chi connectivity index (χ3n) is 7.68. The predicted octanol–water partition coefficient (Wildman–Crippen LogP) is 9.24. The van der Waals surface area contributed by atoms with Gasteiger partial charge in [-0.15, -0.1) is 0 Å². The minimum Gasteiger partial charge on any atom is -0.481 e. The van der Waals surface area contributed by atoms with E-state index in [4.69, 9.17) is 4.74 Å². The molecule has 0 radical (unpaired) electrons. The van der Waals surface area contributed by atoms with E-state index in [1.807, 2.05) is 0 Å². The van der Waals surface area contributed by atoms with E-state index in [2.05, 4.69) is 13.8 Å². The molecule has 0 amide bonds. The summed E-state index contributed by atoms with van der Waals surface area (Å²) in [6.45, 7) is 4.44. The second kappa shape index (κ2) is 21.2. The lowest BCUT2D eigenvalue weighted by Gasteiger charge is -2.28. The summed E-state index contributed by atoms with van der Waals surface area (Å²) < 4.78 is 5.89. The number of hydrogen-bond acceptors (Lipinski definition) is 3. The van der Waals surface area contributed by atoms with Gasteiger partial charge in [0.1, 0.15) is 6.10 Å². The van der Waals surface area contributed by atoms with Gasteiger partial charge in [-0.2, -0.15) is 0 Å². The molecule has 0 heterocycles. The smallest absolute Gasteiger partial charge is 0.310 e. The zero-order chi connectivity index (χ0) is 24.9. The van der Waals surface area contributed by atoms with E-state index in [0.717, 1.165) is 44.9 Å². The van der Waals surface area contributed by atoms with Crippen LogP contribution in [0.25, 0.3) is 0 Å². The maximum Gasteiger partial charge on any atom is 0.310 e. The molecule has 1 aliphatic carbocycles. The van der Waals surface area contributed by atoms with Crippen LogP contribution in [-0.2, 0) is 14.3 Å². The largest absolute Gasteiger partial charge is 0.481 e. The quantitative estimate of drug-likeness (QED) is 0.124. The average Bonchev–Trinajstić information content (AvgIpc) is 2.84. The fourth-order valence-electron chi connectivity index (χ4n) is 5.40. The number of carbonyl (C=O) groups is 2. The summed E-state index contributed by atoms with van der Waals surface area (Å²) in [5.74, 6) is -2.10. The number of esters is 1. The SMILES string of the molecule is CCCCCCCCCCCCCCCCCC(CCCC)OC(=O)C1CCCCC1C(=O)O. The van der Waals surface area contributed by atoms with Crippen molar-refractivity contribution in [3.05, 3.63) is 0 Å². The van der Waals surface area contributed by atoms with Gasteiger partial charge in [0.15, 0.2) is 0 Å². The van der Waals surface area contributed by atoms with Crippen LogP contribution in [-0.4, -0.2) is 23.1 Å². The summed E-state index contributed by atoms with van der Waals surface area (Å²) in [5.41, 5.74) is 0. The minimum atomic E-state index is -0.839. The highest BCUT2D eigenvalue weighted by Gasteiger charge is 2.37. The molecule has 1 fully saturated rings. The van der Waals surface area contributed by atoms with Crippen LogP contribution in [0.1, 0.15) is 162 Å². The Labute approximate surface area is 211 Å². The molecule has 4 heteroatoms. The van der Waals surface area contributed by atoms with Gasteiger partial charge in [-0.1, -0.05) is 129 Å². The Hall–Kier alpha value is -1.06. The molecule has 0 saturated heterocycles. The molecule has 4 nitrogen and oxygen atoms in total. The normalized spacial score (nSPS) is 19.1. The molecule has 1 N–H and O–H groups in total. The highest BCUT2D eigenvalue weighted by Crippen LogP contribution is 2.32. The van der Waals surface area contributed by atoms with Crippen molar-refractivity contribution in [1.29, 1.82) is 0 Å². The van der Waals surface area contributed by atoms with Crippen molar-refractivity contribution in [2.24, 2.45) is 11.8 Å². The van der Waals surface area contributed by atoms with Gasteiger partial charge in [0.05, 0.1) is 11.8 Å². The summed E-state index contributed by atoms with van der Waals surface area (Å²) in [5, 5.41) is 9.48. The summed E-state index contributed by atoms with van der Waals surface area (Å²) >= 11 is 0. The van der Waals surface area contributed by atoms with Crippen molar-refractivity contribution >= 4 is 11.9 Å². The Morgan fingerprint density at radius 2 is 1.06 bits per heavy atom. The van der Waals surface area contributed by atoms with Crippen LogP contribution in [0.5, 0.6) is 0 Å². The van der Waals surface area contributed by atoms with Crippen LogP contribution in [0.15, 0.2) is 0 Å². The second-order valence-electron chi connectivity index (χ2n) is 10.8. The van der Waals surface area contributed by atoms with Gasteiger partial charge in [0.2, 0.25) is 0 Å². The van der Waals surface area contributed by atoms with Crippen LogP contribution in [0, 0.1) is 11.8 Å². The van der Waals surface area contributed by atoms with Crippen molar-refractivity contribution in [3.63, 3.8) is 0 Å². The van der Waals surface area contributed by atoms with Crippen LogP contribution < -0.4 is 0 Å². The van der Waals surface area contributed by atoms with Crippen LogP contribution in [0.2, 0.25) is 0 Å². The summed E-state index contributed by atoms with van der Waals surface area (Å²) in [6.07, 6.45) is 27.3. The number of hydrogen-bond donors (Lipinski definition) is 1. The molecular formula is C30H56O4. The maximum atomic E-state index is 12.8. The van der Waals surface area contributed by atoms with E-state index in [0.29, 0.717) is 12.8 Å². The number of ether oxygens (including phenoxy) is 1. The lowest BCUT2D eigenvalue weighted by atomic mass is 9.79. The van der Waals surface area contributed by atoms with Gasteiger partial charge in [0, 0.05) is 0 Å². The van der Waals surface area contributed by atoms with E-state index in [-0.39, 0.29) is 12.1 Å². The van der Waals surface area contributed by atoms with Gasteiger partial charge in [-0.3, -0.25) is 9.59 Å². The Morgan fingerprint density at radius 1 is 0.647 bits per heavy atom. The lowest BCUT2D eigenvalue weighted by Crippen LogP contribution is -2.35. The van der Waals surface area contributed by atoms with Crippen LogP contribution in [0.3, 0.4) is 0 Å². The topological polar surface area (TPSA) is 63.6 Å². The first-order valence-electron chi connectivity index (χ1n) is 15.0. The van der Waals surface area contributed by atoms with Crippen LogP contribution in [0.4, 0.5) is 0 Å². The molecule has 0 bridgehead atoms. The average molecular weight is 481 g/mol. The summed E-state index contributed by atoms with van der Waals surface area (Å²) in [7, 11) is 0. The van der Waals surface area contributed by atoms with Crippen molar-refractivity contribution in [3.8, 4) is 0 Å². The predicted molar refractivity (Wildman–Crippen MR) is 142 cm³/mol. The zero-order valence-corrected chi connectivity index (χ0v) is 22.7. The highest BCUT2D eigenvalue weighted by atomic mass is 16.5. The maximum absolute atomic E-state index is 12.8. The standard InChI is InChI=1S/C30H56O4/c1-3-5-7-8-9-10-11-12-13-14-15-16-17-18-19-23-26(22-6-4-2)34-30(33)28-25-21-20-24-27(28)29(31)32/h26-28H,3-25H2,1-2H3,(H,31,32). The van der Waals surface area contributed by atoms with Crippen molar-refractivity contribution in [2.45, 2.75) is 168 Å². The monoisotopic (exact) mass is 480 g/mol. The van der Waals surface area contributed by atoms with Gasteiger partial charge in [-0.05, 0) is 32.1 Å². The number of carbonyl (C=O) groups excluding carboxylic acids is 1. The van der Waals surface area contributed by atoms with Gasteiger partial charge >= 0.3 is 11.9 Å². The lowest BCUT2D eigenvalue weighted by molar-refractivity contribution is -0.164. The molecule has 200 valence electrons. The Morgan fingerprint density at radius 3 is 1.53 bits per heavy atom. The molecule has 0 aromatic rings. The molecule has 1 saturated carbocycles. The van der Waals surface area contributed by atoms with E-state index in [1.54, 1.807) is 0 Å². The molecule has 3 atom stereocenters. The molecule has 0 aromatic heterocycles. The van der Waals surface area contributed by atoms with Crippen molar-refractivity contribution in [2.75, 3.05) is 0 Å². The van der Waals surface area contributed by atoms with Gasteiger partial charge < -0.3 is 9.84 Å². The van der Waals surface area contributed by atoms with Crippen LogP contribution >= 0.6 is 0 Å². The molecule has 3 unspecified atom stereocenters. The third-order valence-corrected chi connectivity index (χ3v) is 7.68. The van der Waals surface area contributed by atoms with Gasteiger partial charge in [-0.25, -0.2) is 0 Å². The minimum absolute atomic E-state index is 0.0363. The first-order chi connectivity index (χ1) is 16.6. The van der Waals surface area contributed by atoms with E-state index in [1.165, 1.54) is 89.9 Å². The number of carboxylic acid groups (broad SMARTS) is 1. The van der Waals surface area contributed by atoms with E-state index in [9.17, 15) is 14.7 Å².